The molecule has 96 valence electrons. The lowest BCUT2D eigenvalue weighted by Crippen LogP contribution is -2.31. The van der Waals surface area contributed by atoms with Crippen LogP contribution in [0.4, 0.5) is 4.39 Å². The van der Waals surface area contributed by atoms with Crippen molar-refractivity contribution in [1.29, 1.82) is 0 Å². The first-order valence-electron chi connectivity index (χ1n) is 5.53. The van der Waals surface area contributed by atoms with E-state index in [2.05, 4.69) is 9.72 Å². The summed E-state index contributed by atoms with van der Waals surface area (Å²) in [5, 5.41) is 0. The zero-order valence-corrected chi connectivity index (χ0v) is 10.5. The van der Waals surface area contributed by atoms with E-state index in [9.17, 15) is 9.18 Å². The number of aromatic nitrogens is 2. The SMILES string of the molecule is COC(=O)c1sc2ncn(CC3CCO3)c2c1F. The van der Waals surface area contributed by atoms with E-state index < -0.39 is 11.8 Å². The van der Waals surface area contributed by atoms with Crippen molar-refractivity contribution in [3.05, 3.63) is 17.0 Å². The Labute approximate surface area is 106 Å². The zero-order valence-electron chi connectivity index (χ0n) is 9.68. The second-order valence-electron chi connectivity index (χ2n) is 4.07. The van der Waals surface area contributed by atoms with Gasteiger partial charge < -0.3 is 14.0 Å². The summed E-state index contributed by atoms with van der Waals surface area (Å²) >= 11 is 1.01. The number of carbonyl (C=O) groups excluding carboxylic acids is 1. The van der Waals surface area contributed by atoms with Crippen LogP contribution in [0.3, 0.4) is 0 Å². The van der Waals surface area contributed by atoms with Crippen molar-refractivity contribution in [2.75, 3.05) is 13.7 Å². The highest BCUT2D eigenvalue weighted by Crippen LogP contribution is 2.30. The van der Waals surface area contributed by atoms with Crippen molar-refractivity contribution >= 4 is 27.7 Å². The van der Waals surface area contributed by atoms with Gasteiger partial charge in [0, 0.05) is 6.61 Å². The van der Waals surface area contributed by atoms with Gasteiger partial charge in [-0.05, 0) is 6.42 Å². The van der Waals surface area contributed by atoms with E-state index in [1.165, 1.54) is 7.11 Å². The number of halogens is 1. The van der Waals surface area contributed by atoms with Gasteiger partial charge in [0.15, 0.2) is 10.7 Å². The first-order chi connectivity index (χ1) is 8.70. The van der Waals surface area contributed by atoms with Gasteiger partial charge in [0.1, 0.15) is 10.3 Å². The number of hydrogen-bond acceptors (Lipinski definition) is 5. The number of carbonyl (C=O) groups is 1. The molecule has 0 radical (unpaired) electrons. The Morgan fingerprint density at radius 3 is 3.17 bits per heavy atom. The second kappa shape index (κ2) is 4.33. The quantitative estimate of drug-likeness (QED) is 0.798. The van der Waals surface area contributed by atoms with E-state index in [0.717, 1.165) is 24.4 Å². The second-order valence-corrected chi connectivity index (χ2v) is 5.07. The molecule has 1 unspecified atom stereocenters. The lowest BCUT2D eigenvalue weighted by atomic mass is 10.2. The number of methoxy groups -OCH3 is 1. The van der Waals surface area contributed by atoms with E-state index in [4.69, 9.17) is 4.74 Å². The molecule has 1 aliphatic rings. The van der Waals surface area contributed by atoms with Gasteiger partial charge in [0.25, 0.3) is 0 Å². The predicted molar refractivity (Wildman–Crippen MR) is 63.3 cm³/mol. The molecular formula is C11H11FN2O3S. The standard InChI is InChI=1S/C11H11FN2O3S/c1-16-11(15)9-7(12)8-10(18-9)13-5-14(8)4-6-2-3-17-6/h5-6H,2-4H2,1H3. The number of imidazole rings is 1. The van der Waals surface area contributed by atoms with E-state index in [1.54, 1.807) is 10.9 Å². The minimum Gasteiger partial charge on any atom is -0.465 e. The molecule has 0 saturated carbocycles. The number of fused-ring (bicyclic) bond motifs is 1. The zero-order chi connectivity index (χ0) is 12.7. The molecule has 7 heteroatoms. The van der Waals surface area contributed by atoms with Gasteiger partial charge in [0.2, 0.25) is 0 Å². The number of hydrogen-bond donors (Lipinski definition) is 0. The Kier molecular flexibility index (Phi) is 2.79. The van der Waals surface area contributed by atoms with Crippen LogP contribution < -0.4 is 0 Å². The monoisotopic (exact) mass is 270 g/mol. The summed E-state index contributed by atoms with van der Waals surface area (Å²) < 4.78 is 25.7. The van der Waals surface area contributed by atoms with Crippen LogP contribution in [-0.2, 0) is 16.0 Å². The average molecular weight is 270 g/mol. The van der Waals surface area contributed by atoms with Crippen molar-refractivity contribution in [2.24, 2.45) is 0 Å². The Bertz CT molecular complexity index is 603. The fourth-order valence-electron chi connectivity index (χ4n) is 1.92. The Morgan fingerprint density at radius 2 is 2.56 bits per heavy atom. The maximum Gasteiger partial charge on any atom is 0.351 e. The molecule has 0 amide bonds. The maximum absolute atomic E-state index is 14.1. The van der Waals surface area contributed by atoms with Gasteiger partial charge in [-0.2, -0.15) is 0 Å². The summed E-state index contributed by atoms with van der Waals surface area (Å²) in [4.78, 5) is 16.0. The molecule has 0 aromatic carbocycles. The summed E-state index contributed by atoms with van der Waals surface area (Å²) in [6, 6.07) is 0. The topological polar surface area (TPSA) is 53.3 Å². The summed E-state index contributed by atoms with van der Waals surface area (Å²) in [6.45, 7) is 1.31. The lowest BCUT2D eigenvalue weighted by molar-refractivity contribution is -0.0587. The Morgan fingerprint density at radius 1 is 1.78 bits per heavy atom. The van der Waals surface area contributed by atoms with Crippen LogP contribution >= 0.6 is 11.3 Å². The molecule has 0 aliphatic carbocycles. The molecule has 2 aromatic rings. The van der Waals surface area contributed by atoms with Crippen molar-refractivity contribution in [1.82, 2.24) is 9.55 Å². The minimum absolute atomic E-state index is 0.0288. The van der Waals surface area contributed by atoms with E-state index in [0.29, 0.717) is 16.9 Å². The van der Waals surface area contributed by atoms with Crippen LogP contribution in [0.5, 0.6) is 0 Å². The molecule has 0 bridgehead atoms. The third-order valence-corrected chi connectivity index (χ3v) is 4.02. The van der Waals surface area contributed by atoms with Crippen molar-refractivity contribution in [2.45, 2.75) is 19.1 Å². The van der Waals surface area contributed by atoms with Crippen LogP contribution in [0.15, 0.2) is 6.33 Å². The van der Waals surface area contributed by atoms with E-state index in [-0.39, 0.29) is 11.0 Å². The summed E-state index contributed by atoms with van der Waals surface area (Å²) in [5.41, 5.74) is 0.357. The summed E-state index contributed by atoms with van der Waals surface area (Å²) in [5.74, 6) is -1.22. The lowest BCUT2D eigenvalue weighted by Gasteiger charge is -2.26. The predicted octanol–water partition coefficient (Wildman–Crippen LogP) is 1.81. The fourth-order valence-corrected chi connectivity index (χ4v) is 2.87. The normalized spacial score (nSPS) is 18.9. The number of nitrogens with zero attached hydrogens (tertiary/aromatic N) is 2. The molecule has 1 saturated heterocycles. The number of thiophene rings is 1. The van der Waals surface area contributed by atoms with E-state index in [1.807, 2.05) is 0 Å². The Balaban J connectivity index is 2.00. The van der Waals surface area contributed by atoms with Gasteiger partial charge in [0.05, 0.1) is 26.1 Å². The first-order valence-corrected chi connectivity index (χ1v) is 6.35. The van der Waals surface area contributed by atoms with Crippen LogP contribution in [0.25, 0.3) is 10.3 Å². The first kappa shape index (κ1) is 11.6. The van der Waals surface area contributed by atoms with Gasteiger partial charge in [-0.15, -0.1) is 11.3 Å². The van der Waals surface area contributed by atoms with Crippen LogP contribution in [-0.4, -0.2) is 35.3 Å². The van der Waals surface area contributed by atoms with Crippen LogP contribution in [0.1, 0.15) is 16.1 Å². The van der Waals surface area contributed by atoms with E-state index >= 15 is 0 Å². The van der Waals surface area contributed by atoms with Crippen molar-refractivity contribution in [3.63, 3.8) is 0 Å². The maximum atomic E-state index is 14.1. The van der Waals surface area contributed by atoms with Gasteiger partial charge in [-0.1, -0.05) is 0 Å². The smallest absolute Gasteiger partial charge is 0.351 e. The van der Waals surface area contributed by atoms with Gasteiger partial charge in [-0.3, -0.25) is 0 Å². The molecule has 5 nitrogen and oxygen atoms in total. The molecule has 1 aliphatic heterocycles. The van der Waals surface area contributed by atoms with Crippen molar-refractivity contribution < 1.29 is 18.7 Å². The van der Waals surface area contributed by atoms with Crippen molar-refractivity contribution in [3.8, 4) is 0 Å². The molecular weight excluding hydrogens is 259 g/mol. The Hall–Kier alpha value is -1.47. The highest BCUT2D eigenvalue weighted by atomic mass is 32.1. The molecule has 1 fully saturated rings. The van der Waals surface area contributed by atoms with Gasteiger partial charge in [-0.25, -0.2) is 14.2 Å². The highest BCUT2D eigenvalue weighted by molar-refractivity contribution is 7.20. The summed E-state index contributed by atoms with van der Waals surface area (Å²) in [6.07, 6.45) is 2.66. The number of rotatable bonds is 3. The average Bonchev–Trinajstić information content (AvgIpc) is 2.84. The molecule has 0 N–H and O–H groups in total. The largest absolute Gasteiger partial charge is 0.465 e. The van der Waals surface area contributed by atoms with Crippen LogP contribution in [0, 0.1) is 5.82 Å². The number of ether oxygens (including phenoxy) is 2. The third-order valence-electron chi connectivity index (χ3n) is 2.97. The highest BCUT2D eigenvalue weighted by Gasteiger charge is 2.25. The van der Waals surface area contributed by atoms with Crippen LogP contribution in [0.2, 0.25) is 0 Å². The molecule has 1 atom stereocenters. The third kappa shape index (κ3) is 1.70. The molecule has 0 spiro atoms. The molecule has 18 heavy (non-hydrogen) atoms. The molecule has 3 rings (SSSR count). The molecule has 3 heterocycles. The van der Waals surface area contributed by atoms with Gasteiger partial charge >= 0.3 is 5.97 Å². The summed E-state index contributed by atoms with van der Waals surface area (Å²) in [7, 11) is 1.23. The fraction of sp³-hybridized carbons (Fsp3) is 0.455. The number of esters is 1. The minimum atomic E-state index is -0.665. The molecule has 2 aromatic heterocycles.